The molecule has 1 aromatic heterocycles. The van der Waals surface area contributed by atoms with Gasteiger partial charge in [-0.05, 0) is 0 Å². The van der Waals surface area contributed by atoms with E-state index in [4.69, 9.17) is 0 Å². The molecule has 80 valence electrons. The number of aromatic nitrogens is 2. The van der Waals surface area contributed by atoms with Crippen LogP contribution in [0.25, 0.3) is 0 Å². The quantitative estimate of drug-likeness (QED) is 0.744. The van der Waals surface area contributed by atoms with Crippen LogP contribution < -0.4 is 0 Å². The van der Waals surface area contributed by atoms with Crippen LogP contribution in [-0.4, -0.2) is 31.0 Å². The molecule has 0 bridgehead atoms. The molecule has 0 unspecified atom stereocenters. The zero-order valence-electron chi connectivity index (χ0n) is 9.96. The summed E-state index contributed by atoms with van der Waals surface area (Å²) in [7, 11) is 0. The Kier molecular flexibility index (Phi) is 3.66. The molecular formula is C11H20N2Te. The Morgan fingerprint density at radius 1 is 0.857 bits per heavy atom. The number of rotatable bonds is 2. The standard InChI is InChI=1S/C11H20N2Te/c1-7(2)12-9(5)10(6)13(8(3)4)11(12)14/h7-8H,1-6H3. The first-order valence-electron chi connectivity index (χ1n) is 5.17. The fourth-order valence-corrected chi connectivity index (χ4v) is 3.95. The van der Waals surface area contributed by atoms with E-state index < -0.39 is 0 Å². The molecule has 14 heavy (non-hydrogen) atoms. The molecule has 0 aliphatic heterocycles. The Labute approximate surface area is 99.3 Å². The van der Waals surface area contributed by atoms with E-state index in [2.05, 4.69) is 72.5 Å². The van der Waals surface area contributed by atoms with Crippen LogP contribution in [0.5, 0.6) is 0 Å². The molecule has 0 saturated heterocycles. The van der Waals surface area contributed by atoms with Crippen LogP contribution in [0.2, 0.25) is 0 Å². The first kappa shape index (κ1) is 12.1. The summed E-state index contributed by atoms with van der Waals surface area (Å²) >= 11 is 2.13. The summed E-state index contributed by atoms with van der Waals surface area (Å²) < 4.78 is 6.21. The molecule has 1 aromatic rings. The second-order valence-electron chi connectivity index (χ2n) is 4.38. The topological polar surface area (TPSA) is 9.86 Å². The summed E-state index contributed by atoms with van der Waals surface area (Å²) in [5.41, 5.74) is 2.79. The normalized spacial score (nSPS) is 11.7. The fourth-order valence-electron chi connectivity index (χ4n) is 1.97. The Hall–Kier alpha value is -0.000390. The van der Waals surface area contributed by atoms with E-state index in [-0.39, 0.29) is 0 Å². The average Bonchev–Trinajstić information content (AvgIpc) is 2.23. The molecule has 0 atom stereocenters. The Morgan fingerprint density at radius 2 is 1.14 bits per heavy atom. The van der Waals surface area contributed by atoms with E-state index in [0.29, 0.717) is 12.1 Å². The summed E-state index contributed by atoms with van der Waals surface area (Å²) in [6, 6.07) is 1.10. The van der Waals surface area contributed by atoms with Crippen LogP contribution >= 0.6 is 0 Å². The van der Waals surface area contributed by atoms with E-state index in [1.165, 1.54) is 14.8 Å². The SMILES string of the molecule is Cc1c(C)n(C(C)C)c(=[Te])n1C(C)C. The van der Waals surface area contributed by atoms with Crippen LogP contribution in [0.3, 0.4) is 0 Å². The molecule has 0 spiro atoms. The van der Waals surface area contributed by atoms with E-state index in [1.807, 2.05) is 0 Å². The third-order valence-corrected chi connectivity index (χ3v) is 3.81. The second kappa shape index (κ2) is 4.24. The summed E-state index contributed by atoms with van der Waals surface area (Å²) in [4.78, 5) is 0. The van der Waals surface area contributed by atoms with Crippen molar-refractivity contribution >= 4 is 21.8 Å². The van der Waals surface area contributed by atoms with Gasteiger partial charge in [0.25, 0.3) is 0 Å². The number of nitrogens with zero attached hydrogens (tertiary/aromatic N) is 2. The van der Waals surface area contributed by atoms with Gasteiger partial charge in [-0.1, -0.05) is 0 Å². The predicted octanol–water partition coefficient (Wildman–Crippen LogP) is 2.77. The molecule has 0 N–H and O–H groups in total. The summed E-state index contributed by atoms with van der Waals surface area (Å²) in [5, 5.41) is 0. The van der Waals surface area contributed by atoms with Crippen LogP contribution in [0.1, 0.15) is 51.2 Å². The fraction of sp³-hybridized carbons (Fsp3) is 0.727. The number of hydrogen-bond acceptors (Lipinski definition) is 0. The second-order valence-corrected chi connectivity index (χ2v) is 5.42. The molecule has 0 radical (unpaired) electrons. The Bertz CT molecular complexity index is 348. The predicted molar refractivity (Wildman–Crippen MR) is 61.7 cm³/mol. The van der Waals surface area contributed by atoms with Crippen molar-refractivity contribution < 1.29 is 0 Å². The zero-order valence-corrected chi connectivity index (χ0v) is 12.3. The van der Waals surface area contributed by atoms with Gasteiger partial charge in [0.15, 0.2) is 0 Å². The maximum atomic E-state index is 2.42. The van der Waals surface area contributed by atoms with Crippen molar-refractivity contribution in [3.63, 3.8) is 0 Å². The van der Waals surface area contributed by atoms with Gasteiger partial charge in [0.1, 0.15) is 0 Å². The minimum atomic E-state index is 0.552. The van der Waals surface area contributed by atoms with Gasteiger partial charge in [-0.15, -0.1) is 0 Å². The number of hydrogen-bond donors (Lipinski definition) is 0. The van der Waals surface area contributed by atoms with E-state index in [9.17, 15) is 0 Å². The van der Waals surface area contributed by atoms with E-state index in [0.717, 1.165) is 0 Å². The van der Waals surface area contributed by atoms with Crippen molar-refractivity contribution in [3.05, 3.63) is 14.8 Å². The Balaban J connectivity index is 3.50. The van der Waals surface area contributed by atoms with Gasteiger partial charge >= 0.3 is 99.4 Å². The summed E-state index contributed by atoms with van der Waals surface area (Å²) in [6.07, 6.45) is 0. The van der Waals surface area contributed by atoms with E-state index >= 15 is 0 Å². The third kappa shape index (κ3) is 1.85. The molecule has 2 nitrogen and oxygen atoms in total. The van der Waals surface area contributed by atoms with Crippen molar-refractivity contribution in [3.8, 4) is 0 Å². The monoisotopic (exact) mass is 310 g/mol. The van der Waals surface area contributed by atoms with Crippen LogP contribution in [0.15, 0.2) is 0 Å². The third-order valence-electron chi connectivity index (χ3n) is 2.69. The van der Waals surface area contributed by atoms with Gasteiger partial charge in [-0.25, -0.2) is 0 Å². The van der Waals surface area contributed by atoms with Gasteiger partial charge in [-0.3, -0.25) is 0 Å². The minimum absolute atomic E-state index is 0.552. The van der Waals surface area contributed by atoms with Crippen molar-refractivity contribution in [2.24, 2.45) is 0 Å². The molecule has 3 heteroatoms. The molecule has 1 rings (SSSR count). The van der Waals surface area contributed by atoms with Crippen molar-refractivity contribution in [1.29, 1.82) is 0 Å². The van der Waals surface area contributed by atoms with Crippen molar-refractivity contribution in [2.75, 3.05) is 0 Å². The molecule has 0 amide bonds. The molecule has 0 fully saturated rings. The van der Waals surface area contributed by atoms with Gasteiger partial charge in [0.05, 0.1) is 0 Å². The average molecular weight is 308 g/mol. The maximum absolute atomic E-state index is 2.42. The van der Waals surface area contributed by atoms with Gasteiger partial charge in [-0.2, -0.15) is 0 Å². The van der Waals surface area contributed by atoms with Crippen LogP contribution in [0, 0.1) is 17.3 Å². The Morgan fingerprint density at radius 3 is 1.29 bits per heavy atom. The van der Waals surface area contributed by atoms with Crippen molar-refractivity contribution in [1.82, 2.24) is 9.13 Å². The van der Waals surface area contributed by atoms with E-state index in [1.54, 1.807) is 0 Å². The summed E-state index contributed by atoms with van der Waals surface area (Å²) in [5.74, 6) is 0. The van der Waals surface area contributed by atoms with Gasteiger partial charge in [0, 0.05) is 0 Å². The molecule has 0 aliphatic carbocycles. The van der Waals surface area contributed by atoms with Crippen molar-refractivity contribution in [2.45, 2.75) is 53.6 Å². The molecular weight excluding hydrogens is 288 g/mol. The first-order chi connectivity index (χ1) is 6.37. The number of imidazole rings is 1. The van der Waals surface area contributed by atoms with Gasteiger partial charge in [0.2, 0.25) is 0 Å². The zero-order chi connectivity index (χ0) is 11.0. The molecule has 0 aromatic carbocycles. The molecule has 0 aliphatic rings. The first-order valence-corrected chi connectivity index (χ1v) is 6.34. The van der Waals surface area contributed by atoms with Gasteiger partial charge < -0.3 is 0 Å². The molecule has 1 heterocycles. The van der Waals surface area contributed by atoms with Crippen LogP contribution in [-0.2, 0) is 0 Å². The summed E-state index contributed by atoms with van der Waals surface area (Å²) in [6.45, 7) is 13.4. The van der Waals surface area contributed by atoms with Crippen LogP contribution in [0.4, 0.5) is 0 Å². The molecule has 0 saturated carbocycles.